The Morgan fingerprint density at radius 3 is 2.85 bits per heavy atom. The lowest BCUT2D eigenvalue weighted by atomic mass is 10.0. The molecule has 0 unspecified atom stereocenters. The molecule has 0 aromatic carbocycles. The van der Waals surface area contributed by atoms with Crippen LogP contribution in [0.15, 0.2) is 30.7 Å². The number of nitrogens with zero attached hydrogens (tertiary/aromatic N) is 5. The van der Waals surface area contributed by atoms with Crippen LogP contribution in [0.5, 0.6) is 0 Å². The second-order valence-electron chi connectivity index (χ2n) is 6.25. The number of fused-ring (bicyclic) bond motifs is 1. The summed E-state index contributed by atoms with van der Waals surface area (Å²) in [5.74, 6) is -0.748. The number of hydrogen-bond acceptors (Lipinski definition) is 6. The molecule has 0 bridgehead atoms. The molecule has 3 aromatic rings. The number of aryl methyl sites for hydroxylation is 1. The molecule has 3 aromatic heterocycles. The van der Waals surface area contributed by atoms with Gasteiger partial charge < -0.3 is 10.0 Å². The van der Waals surface area contributed by atoms with Crippen molar-refractivity contribution in [3.8, 4) is 11.4 Å². The minimum atomic E-state index is -1.07. The van der Waals surface area contributed by atoms with Crippen molar-refractivity contribution in [2.24, 2.45) is 0 Å². The van der Waals surface area contributed by atoms with Gasteiger partial charge in [0.15, 0.2) is 11.5 Å². The molecule has 0 atom stereocenters. The Hall–Kier alpha value is -3.62. The van der Waals surface area contributed by atoms with Gasteiger partial charge in [0.25, 0.3) is 5.91 Å². The molecule has 9 heteroatoms. The molecule has 27 heavy (non-hydrogen) atoms. The van der Waals surface area contributed by atoms with Crippen molar-refractivity contribution in [1.82, 2.24) is 30.0 Å². The number of hydrogen-bond donors (Lipinski definition) is 2. The maximum atomic E-state index is 12.9. The standard InChI is InChI=1S/C18H16N6O3/c1-10-13(8-20-16(21-10)11-3-2-5-19-7-11)17(25)24-6-4-12-14(9-24)22-23-15(12)18(26)27/h2-3,5,7-8H,4,6,9H2,1H3,(H,22,23)(H,26,27). The topological polar surface area (TPSA) is 125 Å². The third-order valence-electron chi connectivity index (χ3n) is 4.55. The van der Waals surface area contributed by atoms with Gasteiger partial charge in [-0.15, -0.1) is 0 Å². The van der Waals surface area contributed by atoms with Gasteiger partial charge in [-0.1, -0.05) is 0 Å². The van der Waals surface area contributed by atoms with Gasteiger partial charge in [0, 0.05) is 36.3 Å². The fraction of sp³-hybridized carbons (Fsp3) is 0.222. The fourth-order valence-corrected chi connectivity index (χ4v) is 3.15. The minimum absolute atomic E-state index is 0.0254. The molecule has 0 spiro atoms. The van der Waals surface area contributed by atoms with E-state index in [1.807, 2.05) is 6.07 Å². The second-order valence-corrected chi connectivity index (χ2v) is 6.25. The number of aromatic nitrogens is 5. The van der Waals surface area contributed by atoms with E-state index in [4.69, 9.17) is 5.11 Å². The van der Waals surface area contributed by atoms with Crippen LogP contribution in [0.4, 0.5) is 0 Å². The van der Waals surface area contributed by atoms with E-state index >= 15 is 0 Å². The lowest BCUT2D eigenvalue weighted by Gasteiger charge is -2.27. The van der Waals surface area contributed by atoms with Gasteiger partial charge in [0.2, 0.25) is 0 Å². The number of aromatic amines is 1. The molecule has 4 heterocycles. The summed E-state index contributed by atoms with van der Waals surface area (Å²) in [7, 11) is 0. The van der Waals surface area contributed by atoms with Gasteiger partial charge in [-0.2, -0.15) is 5.10 Å². The number of nitrogens with one attached hydrogen (secondary N) is 1. The van der Waals surface area contributed by atoms with Gasteiger partial charge in [-0.3, -0.25) is 14.9 Å². The van der Waals surface area contributed by atoms with Gasteiger partial charge in [0.1, 0.15) is 0 Å². The molecule has 1 amide bonds. The van der Waals surface area contributed by atoms with E-state index in [1.54, 1.807) is 30.3 Å². The quantitative estimate of drug-likeness (QED) is 0.721. The second kappa shape index (κ2) is 6.60. The lowest BCUT2D eigenvalue weighted by molar-refractivity contribution is 0.0689. The Kier molecular flexibility index (Phi) is 4.11. The Labute approximate surface area is 154 Å². The first-order valence-corrected chi connectivity index (χ1v) is 8.37. The average molecular weight is 364 g/mol. The molecular formula is C18H16N6O3. The van der Waals surface area contributed by atoms with Crippen molar-refractivity contribution in [3.05, 3.63) is 58.9 Å². The molecule has 2 N–H and O–H groups in total. The molecule has 0 saturated heterocycles. The van der Waals surface area contributed by atoms with Crippen LogP contribution in [0.1, 0.15) is 37.8 Å². The Balaban J connectivity index is 1.57. The van der Waals surface area contributed by atoms with Crippen LogP contribution in [0.2, 0.25) is 0 Å². The van der Waals surface area contributed by atoms with Crippen molar-refractivity contribution in [2.45, 2.75) is 19.9 Å². The third-order valence-corrected chi connectivity index (χ3v) is 4.55. The van der Waals surface area contributed by atoms with Gasteiger partial charge in [0.05, 0.1) is 23.5 Å². The summed E-state index contributed by atoms with van der Waals surface area (Å²) in [6, 6.07) is 3.65. The molecule has 0 saturated carbocycles. The van der Waals surface area contributed by atoms with Crippen LogP contribution in [0.25, 0.3) is 11.4 Å². The number of carbonyl (C=O) groups is 2. The Morgan fingerprint density at radius 2 is 2.15 bits per heavy atom. The number of carbonyl (C=O) groups excluding carboxylic acids is 1. The first-order chi connectivity index (χ1) is 13.0. The van der Waals surface area contributed by atoms with Crippen molar-refractivity contribution in [2.75, 3.05) is 6.54 Å². The summed E-state index contributed by atoms with van der Waals surface area (Å²) >= 11 is 0. The van der Waals surface area contributed by atoms with Gasteiger partial charge in [-0.25, -0.2) is 14.8 Å². The predicted octanol–water partition coefficient (Wildman–Crippen LogP) is 1.47. The number of aromatic carboxylic acids is 1. The highest BCUT2D eigenvalue weighted by atomic mass is 16.4. The maximum Gasteiger partial charge on any atom is 0.356 e. The van der Waals surface area contributed by atoms with E-state index in [-0.39, 0.29) is 18.1 Å². The average Bonchev–Trinajstić information content (AvgIpc) is 3.11. The highest BCUT2D eigenvalue weighted by Gasteiger charge is 2.28. The van der Waals surface area contributed by atoms with Crippen molar-refractivity contribution in [3.63, 3.8) is 0 Å². The summed E-state index contributed by atoms with van der Waals surface area (Å²) < 4.78 is 0. The number of rotatable bonds is 3. The Morgan fingerprint density at radius 1 is 1.30 bits per heavy atom. The number of pyridine rings is 1. The van der Waals surface area contributed by atoms with Crippen LogP contribution >= 0.6 is 0 Å². The maximum absolute atomic E-state index is 12.9. The molecule has 0 radical (unpaired) electrons. The van der Waals surface area contributed by atoms with E-state index in [0.29, 0.717) is 41.3 Å². The summed E-state index contributed by atoms with van der Waals surface area (Å²) in [6.07, 6.45) is 5.30. The number of H-pyrrole nitrogens is 1. The van der Waals surface area contributed by atoms with Crippen molar-refractivity contribution in [1.29, 1.82) is 0 Å². The molecule has 9 nitrogen and oxygen atoms in total. The normalized spacial score (nSPS) is 13.3. The summed E-state index contributed by atoms with van der Waals surface area (Å²) in [5.41, 5.74) is 3.11. The van der Waals surface area contributed by atoms with Crippen molar-refractivity contribution < 1.29 is 14.7 Å². The molecule has 4 rings (SSSR count). The van der Waals surface area contributed by atoms with E-state index in [9.17, 15) is 9.59 Å². The van der Waals surface area contributed by atoms with Crippen LogP contribution in [0.3, 0.4) is 0 Å². The van der Waals surface area contributed by atoms with Crippen molar-refractivity contribution >= 4 is 11.9 Å². The fourth-order valence-electron chi connectivity index (χ4n) is 3.15. The first kappa shape index (κ1) is 16.8. The van der Waals surface area contributed by atoms with E-state index in [2.05, 4.69) is 25.1 Å². The summed E-state index contributed by atoms with van der Waals surface area (Å²) in [4.78, 5) is 38.5. The molecular weight excluding hydrogens is 348 g/mol. The predicted molar refractivity (Wildman–Crippen MR) is 94.0 cm³/mol. The molecule has 1 aliphatic rings. The lowest BCUT2D eigenvalue weighted by Crippen LogP contribution is -2.36. The Bertz CT molecular complexity index is 1030. The van der Waals surface area contributed by atoms with E-state index in [0.717, 1.165) is 5.56 Å². The van der Waals surface area contributed by atoms with Gasteiger partial charge in [-0.05, 0) is 25.5 Å². The number of amides is 1. The van der Waals surface area contributed by atoms with Crippen LogP contribution < -0.4 is 0 Å². The third kappa shape index (κ3) is 3.03. The van der Waals surface area contributed by atoms with Crippen LogP contribution in [-0.4, -0.2) is 53.6 Å². The van der Waals surface area contributed by atoms with Crippen LogP contribution in [0, 0.1) is 6.92 Å². The zero-order valence-corrected chi connectivity index (χ0v) is 14.5. The van der Waals surface area contributed by atoms with E-state index < -0.39 is 5.97 Å². The zero-order valence-electron chi connectivity index (χ0n) is 14.5. The zero-order chi connectivity index (χ0) is 19.0. The highest BCUT2D eigenvalue weighted by Crippen LogP contribution is 2.23. The number of carboxylic acid groups (broad SMARTS) is 1. The largest absolute Gasteiger partial charge is 0.476 e. The minimum Gasteiger partial charge on any atom is -0.476 e. The monoisotopic (exact) mass is 364 g/mol. The summed E-state index contributed by atoms with van der Waals surface area (Å²) in [6.45, 7) is 2.45. The van der Waals surface area contributed by atoms with E-state index in [1.165, 1.54) is 6.20 Å². The number of carboxylic acids is 1. The molecule has 136 valence electrons. The molecule has 0 aliphatic carbocycles. The molecule has 0 fully saturated rings. The summed E-state index contributed by atoms with van der Waals surface area (Å²) in [5, 5.41) is 15.7. The SMILES string of the molecule is Cc1nc(-c2cccnc2)ncc1C(=O)N1CCc2c(C(=O)O)n[nH]c2C1. The highest BCUT2D eigenvalue weighted by molar-refractivity contribution is 5.95. The molecule has 1 aliphatic heterocycles. The first-order valence-electron chi connectivity index (χ1n) is 8.37. The smallest absolute Gasteiger partial charge is 0.356 e. The van der Waals surface area contributed by atoms with Gasteiger partial charge >= 0.3 is 5.97 Å². The van der Waals surface area contributed by atoms with Crippen LogP contribution in [-0.2, 0) is 13.0 Å².